The third-order valence-corrected chi connectivity index (χ3v) is 4.70. The number of benzene rings is 1. The van der Waals surface area contributed by atoms with Crippen molar-refractivity contribution in [1.29, 1.82) is 0 Å². The van der Waals surface area contributed by atoms with Crippen molar-refractivity contribution in [2.24, 2.45) is 5.92 Å². The fourth-order valence-corrected chi connectivity index (χ4v) is 3.46. The number of carbonyl (C=O) groups is 1. The Morgan fingerprint density at radius 1 is 1.29 bits per heavy atom. The Bertz CT molecular complexity index is 463. The van der Waals surface area contributed by atoms with E-state index in [1.807, 2.05) is 30.3 Å². The molecule has 1 amide bonds. The number of carbonyl (C=O) groups excluding carboxylic acids is 1. The maximum absolute atomic E-state index is 12.1. The topological polar surface area (TPSA) is 50.4 Å². The van der Waals surface area contributed by atoms with Crippen molar-refractivity contribution in [1.82, 2.24) is 10.6 Å². The zero-order valence-corrected chi connectivity index (χ0v) is 12.4. The van der Waals surface area contributed by atoms with E-state index in [0.717, 1.165) is 57.5 Å². The molecule has 1 unspecified atom stereocenters. The lowest BCUT2D eigenvalue weighted by Crippen LogP contribution is -2.49. The Labute approximate surface area is 126 Å². The highest BCUT2D eigenvalue weighted by molar-refractivity contribution is 5.94. The standard InChI is InChI=1S/C17H24N2O2/c20-16(15-4-2-1-3-5-15)19-13-14-6-11-21-17(12-14)7-9-18-10-8-17/h1-5,14,18H,6-13H2,(H,19,20). The van der Waals surface area contributed by atoms with Gasteiger partial charge in [0.2, 0.25) is 0 Å². The molecule has 3 rings (SSSR count). The number of rotatable bonds is 3. The zero-order valence-electron chi connectivity index (χ0n) is 12.4. The molecule has 1 aromatic carbocycles. The zero-order chi connectivity index (χ0) is 14.5. The molecule has 2 aliphatic rings. The highest BCUT2D eigenvalue weighted by Crippen LogP contribution is 2.35. The van der Waals surface area contributed by atoms with Crippen LogP contribution in [0.1, 0.15) is 36.0 Å². The van der Waals surface area contributed by atoms with Crippen molar-refractivity contribution in [2.45, 2.75) is 31.3 Å². The van der Waals surface area contributed by atoms with Crippen molar-refractivity contribution in [3.05, 3.63) is 35.9 Å². The summed E-state index contributed by atoms with van der Waals surface area (Å²) in [5.74, 6) is 0.561. The first-order valence-corrected chi connectivity index (χ1v) is 7.95. The second-order valence-electron chi connectivity index (χ2n) is 6.22. The second-order valence-corrected chi connectivity index (χ2v) is 6.22. The number of hydrogen-bond acceptors (Lipinski definition) is 3. The average molecular weight is 288 g/mol. The third kappa shape index (κ3) is 3.63. The lowest BCUT2D eigenvalue weighted by molar-refractivity contribution is -0.112. The van der Waals surface area contributed by atoms with Crippen molar-refractivity contribution in [2.75, 3.05) is 26.2 Å². The summed E-state index contributed by atoms with van der Waals surface area (Å²) in [6, 6.07) is 9.43. The lowest BCUT2D eigenvalue weighted by atomic mass is 9.80. The van der Waals surface area contributed by atoms with Crippen LogP contribution in [0.4, 0.5) is 0 Å². The minimum Gasteiger partial charge on any atom is -0.375 e. The summed E-state index contributed by atoms with van der Waals surface area (Å²) >= 11 is 0. The van der Waals surface area contributed by atoms with Gasteiger partial charge >= 0.3 is 0 Å². The van der Waals surface area contributed by atoms with Crippen LogP contribution in [0.25, 0.3) is 0 Å². The Hall–Kier alpha value is -1.39. The van der Waals surface area contributed by atoms with Crippen LogP contribution >= 0.6 is 0 Å². The average Bonchev–Trinajstić information content (AvgIpc) is 2.54. The van der Waals surface area contributed by atoms with Gasteiger partial charge in [0.25, 0.3) is 5.91 Å². The minimum atomic E-state index is 0.0291. The molecule has 0 saturated carbocycles. The van der Waals surface area contributed by atoms with Crippen molar-refractivity contribution >= 4 is 5.91 Å². The molecule has 1 atom stereocenters. The van der Waals surface area contributed by atoms with E-state index in [2.05, 4.69) is 10.6 Å². The van der Waals surface area contributed by atoms with Gasteiger partial charge in [0.1, 0.15) is 0 Å². The molecule has 1 spiro atoms. The van der Waals surface area contributed by atoms with E-state index in [1.54, 1.807) is 0 Å². The molecule has 4 heteroatoms. The molecular weight excluding hydrogens is 264 g/mol. The monoisotopic (exact) mass is 288 g/mol. The first-order valence-electron chi connectivity index (χ1n) is 7.95. The molecule has 4 nitrogen and oxygen atoms in total. The smallest absolute Gasteiger partial charge is 0.251 e. The van der Waals surface area contributed by atoms with Crippen LogP contribution in [0.2, 0.25) is 0 Å². The van der Waals surface area contributed by atoms with Crippen LogP contribution in [0.15, 0.2) is 30.3 Å². The maximum Gasteiger partial charge on any atom is 0.251 e. The van der Waals surface area contributed by atoms with Gasteiger partial charge in [0.05, 0.1) is 5.60 Å². The molecule has 0 radical (unpaired) electrons. The molecule has 2 fully saturated rings. The van der Waals surface area contributed by atoms with Gasteiger partial charge in [-0.2, -0.15) is 0 Å². The second kappa shape index (κ2) is 6.58. The summed E-state index contributed by atoms with van der Waals surface area (Å²) in [6.07, 6.45) is 4.31. The molecule has 114 valence electrons. The lowest BCUT2D eigenvalue weighted by Gasteiger charge is -2.43. The number of piperidine rings is 1. The van der Waals surface area contributed by atoms with Crippen LogP contribution in [-0.4, -0.2) is 37.7 Å². The van der Waals surface area contributed by atoms with Crippen LogP contribution < -0.4 is 10.6 Å². The van der Waals surface area contributed by atoms with E-state index in [1.165, 1.54) is 0 Å². The van der Waals surface area contributed by atoms with Gasteiger partial charge in [-0.15, -0.1) is 0 Å². The highest BCUT2D eigenvalue weighted by atomic mass is 16.5. The third-order valence-electron chi connectivity index (χ3n) is 4.70. The SMILES string of the molecule is O=C(NCC1CCOC2(CCNCC2)C1)c1ccccc1. The summed E-state index contributed by atoms with van der Waals surface area (Å²) < 4.78 is 6.08. The normalized spacial score (nSPS) is 24.7. The molecule has 0 aliphatic carbocycles. The van der Waals surface area contributed by atoms with Gasteiger partial charge in [-0.1, -0.05) is 18.2 Å². The molecular formula is C17H24N2O2. The molecule has 2 aliphatic heterocycles. The number of nitrogens with one attached hydrogen (secondary N) is 2. The molecule has 2 N–H and O–H groups in total. The molecule has 21 heavy (non-hydrogen) atoms. The summed E-state index contributed by atoms with van der Waals surface area (Å²) in [5, 5.41) is 6.47. The van der Waals surface area contributed by atoms with E-state index >= 15 is 0 Å². The van der Waals surface area contributed by atoms with Gasteiger partial charge in [0.15, 0.2) is 0 Å². The maximum atomic E-state index is 12.1. The van der Waals surface area contributed by atoms with Crippen molar-refractivity contribution in [3.63, 3.8) is 0 Å². The summed E-state index contributed by atoms with van der Waals surface area (Å²) in [5.41, 5.74) is 0.798. The van der Waals surface area contributed by atoms with Crippen LogP contribution in [0.5, 0.6) is 0 Å². The van der Waals surface area contributed by atoms with Gasteiger partial charge in [-0.05, 0) is 56.8 Å². The Kier molecular flexibility index (Phi) is 4.56. The van der Waals surface area contributed by atoms with Crippen LogP contribution in [-0.2, 0) is 4.74 Å². The van der Waals surface area contributed by atoms with Crippen molar-refractivity contribution in [3.8, 4) is 0 Å². The fraction of sp³-hybridized carbons (Fsp3) is 0.588. The van der Waals surface area contributed by atoms with Gasteiger partial charge in [0, 0.05) is 18.7 Å². The predicted octanol–water partition coefficient (Wildman–Crippen LogP) is 1.97. The Morgan fingerprint density at radius 2 is 2.05 bits per heavy atom. The Balaban J connectivity index is 1.52. The first kappa shape index (κ1) is 14.5. The van der Waals surface area contributed by atoms with E-state index in [4.69, 9.17) is 4.74 Å². The first-order chi connectivity index (χ1) is 10.3. The van der Waals surface area contributed by atoms with Crippen LogP contribution in [0.3, 0.4) is 0 Å². The van der Waals surface area contributed by atoms with E-state index in [-0.39, 0.29) is 11.5 Å². The van der Waals surface area contributed by atoms with E-state index in [0.29, 0.717) is 5.92 Å². The summed E-state index contributed by atoms with van der Waals surface area (Å²) in [7, 11) is 0. The molecule has 2 heterocycles. The summed E-state index contributed by atoms with van der Waals surface area (Å²) in [4.78, 5) is 12.1. The molecule has 0 bridgehead atoms. The quantitative estimate of drug-likeness (QED) is 0.894. The van der Waals surface area contributed by atoms with E-state index in [9.17, 15) is 4.79 Å². The number of ether oxygens (including phenoxy) is 1. The highest BCUT2D eigenvalue weighted by Gasteiger charge is 2.38. The minimum absolute atomic E-state index is 0.0291. The molecule has 2 saturated heterocycles. The van der Waals surface area contributed by atoms with Crippen LogP contribution in [0, 0.1) is 5.92 Å². The molecule has 1 aromatic rings. The van der Waals surface area contributed by atoms with Gasteiger partial charge in [-0.3, -0.25) is 4.79 Å². The Morgan fingerprint density at radius 3 is 2.81 bits per heavy atom. The number of hydrogen-bond donors (Lipinski definition) is 2. The van der Waals surface area contributed by atoms with E-state index < -0.39 is 0 Å². The fourth-order valence-electron chi connectivity index (χ4n) is 3.46. The van der Waals surface area contributed by atoms with Gasteiger partial charge in [-0.25, -0.2) is 0 Å². The van der Waals surface area contributed by atoms with Crippen molar-refractivity contribution < 1.29 is 9.53 Å². The predicted molar refractivity (Wildman–Crippen MR) is 82.3 cm³/mol. The molecule has 0 aromatic heterocycles. The summed E-state index contributed by atoms with van der Waals surface area (Å²) in [6.45, 7) is 3.67. The number of amides is 1. The van der Waals surface area contributed by atoms with Gasteiger partial charge < -0.3 is 15.4 Å². The largest absolute Gasteiger partial charge is 0.375 e.